The molecule has 0 aromatic heterocycles. The monoisotopic (exact) mass is 255 g/mol. The highest BCUT2D eigenvalue weighted by atomic mass is 16.5. The van der Waals surface area contributed by atoms with Crippen molar-refractivity contribution in [2.24, 2.45) is 0 Å². The van der Waals surface area contributed by atoms with Crippen molar-refractivity contribution in [2.45, 2.75) is 51.5 Å². The zero-order valence-corrected chi connectivity index (χ0v) is 11.7. The minimum atomic E-state index is -0.499. The molecule has 1 unspecified atom stereocenters. The van der Waals surface area contributed by atoms with Gasteiger partial charge in [0, 0.05) is 19.3 Å². The lowest BCUT2D eigenvalue weighted by atomic mass is 9.98. The van der Waals surface area contributed by atoms with Crippen molar-refractivity contribution in [1.82, 2.24) is 5.32 Å². The van der Waals surface area contributed by atoms with E-state index in [0.717, 1.165) is 18.4 Å². The lowest BCUT2D eigenvalue weighted by Gasteiger charge is -2.30. The van der Waals surface area contributed by atoms with Crippen LogP contribution in [0.15, 0.2) is 11.1 Å². The van der Waals surface area contributed by atoms with Gasteiger partial charge in [-0.25, -0.2) is 0 Å². The van der Waals surface area contributed by atoms with Gasteiger partial charge >= 0.3 is 0 Å². The fourth-order valence-corrected chi connectivity index (χ4v) is 2.44. The van der Waals surface area contributed by atoms with Crippen molar-refractivity contribution in [3.63, 3.8) is 0 Å². The van der Waals surface area contributed by atoms with Crippen LogP contribution in [0.3, 0.4) is 0 Å². The van der Waals surface area contributed by atoms with E-state index in [1.807, 2.05) is 13.8 Å². The Balaban J connectivity index is 2.68. The zero-order valence-electron chi connectivity index (χ0n) is 11.7. The summed E-state index contributed by atoms with van der Waals surface area (Å²) in [5.41, 5.74) is 1.62. The third kappa shape index (κ3) is 4.10. The normalized spacial score (nSPS) is 18.6. The number of nitrogens with one attached hydrogen (secondary N) is 1. The molecule has 1 aliphatic rings. The second-order valence-corrected chi connectivity index (χ2v) is 5.36. The standard InChI is InChI=1S/C14H25NO3/c1-11(12-6-4-5-7-12)13(17)15-14(2,8-9-16)10-18-3/h16H,4-10H2,1-3H3,(H,15,17). The molecule has 0 aromatic rings. The number of carbonyl (C=O) groups excluding carboxylic acids is 1. The summed E-state index contributed by atoms with van der Waals surface area (Å²) in [5, 5.41) is 12.1. The first-order valence-electron chi connectivity index (χ1n) is 6.63. The van der Waals surface area contributed by atoms with Crippen LogP contribution in [0.4, 0.5) is 0 Å². The maximum absolute atomic E-state index is 12.2. The molecule has 4 heteroatoms. The van der Waals surface area contributed by atoms with E-state index in [-0.39, 0.29) is 12.5 Å². The van der Waals surface area contributed by atoms with Gasteiger partial charge in [0.15, 0.2) is 0 Å². The molecule has 0 spiro atoms. The first-order valence-corrected chi connectivity index (χ1v) is 6.63. The number of rotatable bonds is 6. The number of aliphatic hydroxyl groups is 1. The van der Waals surface area contributed by atoms with Crippen LogP contribution in [0.25, 0.3) is 0 Å². The van der Waals surface area contributed by atoms with Crippen LogP contribution in [-0.2, 0) is 9.53 Å². The Kier molecular flexibility index (Phi) is 5.82. The second-order valence-electron chi connectivity index (χ2n) is 5.36. The number of ether oxygens (including phenoxy) is 1. The molecule has 18 heavy (non-hydrogen) atoms. The van der Waals surface area contributed by atoms with Gasteiger partial charge in [0.25, 0.3) is 0 Å². The van der Waals surface area contributed by atoms with Crippen LogP contribution >= 0.6 is 0 Å². The fraction of sp³-hybridized carbons (Fsp3) is 0.786. The van der Waals surface area contributed by atoms with E-state index >= 15 is 0 Å². The highest BCUT2D eigenvalue weighted by Gasteiger charge is 2.27. The maximum atomic E-state index is 12.2. The predicted molar refractivity (Wildman–Crippen MR) is 71.3 cm³/mol. The highest BCUT2D eigenvalue weighted by molar-refractivity contribution is 5.94. The van der Waals surface area contributed by atoms with Crippen LogP contribution < -0.4 is 5.32 Å². The Morgan fingerprint density at radius 2 is 2.06 bits per heavy atom. The van der Waals surface area contributed by atoms with Crippen molar-refractivity contribution >= 4 is 5.91 Å². The average molecular weight is 255 g/mol. The first kappa shape index (κ1) is 15.2. The summed E-state index contributed by atoms with van der Waals surface area (Å²) < 4.78 is 5.12. The SMILES string of the molecule is COCC(C)(CCO)NC(=O)C(C)=C1CCCC1. The largest absolute Gasteiger partial charge is 0.396 e. The average Bonchev–Trinajstić information content (AvgIpc) is 2.81. The molecule has 104 valence electrons. The van der Waals surface area contributed by atoms with E-state index in [4.69, 9.17) is 9.84 Å². The van der Waals surface area contributed by atoms with E-state index in [9.17, 15) is 4.79 Å². The molecule has 0 bridgehead atoms. The third-order valence-electron chi connectivity index (χ3n) is 3.62. The molecule has 0 aliphatic heterocycles. The minimum Gasteiger partial charge on any atom is -0.396 e. The first-order chi connectivity index (χ1) is 8.52. The Hall–Kier alpha value is -0.870. The van der Waals surface area contributed by atoms with Gasteiger partial charge in [-0.2, -0.15) is 0 Å². The van der Waals surface area contributed by atoms with E-state index in [1.165, 1.54) is 18.4 Å². The molecule has 4 nitrogen and oxygen atoms in total. The number of amides is 1. The van der Waals surface area contributed by atoms with E-state index in [0.29, 0.717) is 13.0 Å². The van der Waals surface area contributed by atoms with Crippen molar-refractivity contribution in [3.05, 3.63) is 11.1 Å². The van der Waals surface area contributed by atoms with Crippen molar-refractivity contribution in [3.8, 4) is 0 Å². The molecule has 2 N–H and O–H groups in total. The molecular formula is C14H25NO3. The number of carbonyl (C=O) groups is 1. The summed E-state index contributed by atoms with van der Waals surface area (Å²) in [6, 6.07) is 0. The molecule has 1 amide bonds. The Bertz CT molecular complexity index is 309. The molecular weight excluding hydrogens is 230 g/mol. The summed E-state index contributed by atoms with van der Waals surface area (Å²) >= 11 is 0. The van der Waals surface area contributed by atoms with Crippen LogP contribution in [0.5, 0.6) is 0 Å². The lowest BCUT2D eigenvalue weighted by molar-refractivity contribution is -0.120. The van der Waals surface area contributed by atoms with Crippen molar-refractivity contribution in [2.75, 3.05) is 20.3 Å². The van der Waals surface area contributed by atoms with E-state index in [1.54, 1.807) is 7.11 Å². The number of allylic oxidation sites excluding steroid dienone is 1. The Labute approximate surface area is 109 Å². The van der Waals surface area contributed by atoms with Gasteiger partial charge in [-0.15, -0.1) is 0 Å². The predicted octanol–water partition coefficient (Wildman–Crippen LogP) is 1.78. The third-order valence-corrected chi connectivity index (χ3v) is 3.62. The second kappa shape index (κ2) is 6.90. The number of methoxy groups -OCH3 is 1. The molecule has 0 aromatic carbocycles. The van der Waals surface area contributed by atoms with Gasteiger partial charge in [0.2, 0.25) is 5.91 Å². The lowest BCUT2D eigenvalue weighted by Crippen LogP contribution is -2.50. The van der Waals surface area contributed by atoms with Gasteiger partial charge < -0.3 is 15.2 Å². The number of hydrogen-bond donors (Lipinski definition) is 2. The minimum absolute atomic E-state index is 0.0279. The molecule has 0 saturated heterocycles. The molecule has 1 atom stereocenters. The van der Waals surface area contributed by atoms with Gasteiger partial charge in [0.05, 0.1) is 12.1 Å². The van der Waals surface area contributed by atoms with Gasteiger partial charge in [0.1, 0.15) is 0 Å². The Morgan fingerprint density at radius 1 is 1.44 bits per heavy atom. The van der Waals surface area contributed by atoms with E-state index < -0.39 is 5.54 Å². The van der Waals surface area contributed by atoms with Crippen molar-refractivity contribution < 1.29 is 14.6 Å². The van der Waals surface area contributed by atoms with Crippen LogP contribution in [0, 0.1) is 0 Å². The van der Waals surface area contributed by atoms with Gasteiger partial charge in [-0.1, -0.05) is 5.57 Å². The van der Waals surface area contributed by atoms with Crippen LogP contribution in [0.2, 0.25) is 0 Å². The summed E-state index contributed by atoms with van der Waals surface area (Å²) in [4.78, 5) is 12.2. The highest BCUT2D eigenvalue weighted by Crippen LogP contribution is 2.27. The summed E-state index contributed by atoms with van der Waals surface area (Å²) in [6.07, 6.45) is 4.95. The smallest absolute Gasteiger partial charge is 0.247 e. The fourth-order valence-electron chi connectivity index (χ4n) is 2.44. The molecule has 1 rings (SSSR count). The molecule has 1 saturated carbocycles. The van der Waals surface area contributed by atoms with Gasteiger partial charge in [-0.3, -0.25) is 4.79 Å². The number of hydrogen-bond acceptors (Lipinski definition) is 3. The summed E-state index contributed by atoms with van der Waals surface area (Å²) in [6.45, 7) is 4.23. The van der Waals surface area contributed by atoms with Crippen LogP contribution in [-0.4, -0.2) is 36.9 Å². The van der Waals surface area contributed by atoms with Crippen LogP contribution in [0.1, 0.15) is 46.0 Å². The van der Waals surface area contributed by atoms with E-state index in [2.05, 4.69) is 5.32 Å². The van der Waals surface area contributed by atoms with Crippen molar-refractivity contribution in [1.29, 1.82) is 0 Å². The summed E-state index contributed by atoms with van der Waals surface area (Å²) in [7, 11) is 1.60. The molecule has 0 radical (unpaired) electrons. The molecule has 0 heterocycles. The maximum Gasteiger partial charge on any atom is 0.247 e. The quantitative estimate of drug-likeness (QED) is 0.711. The number of aliphatic hydroxyl groups excluding tert-OH is 1. The zero-order chi connectivity index (χ0) is 13.6. The van der Waals surface area contributed by atoms with Gasteiger partial charge in [-0.05, 0) is 46.0 Å². The summed E-state index contributed by atoms with van der Waals surface area (Å²) in [5.74, 6) is -0.0279. The molecule has 1 aliphatic carbocycles. The Morgan fingerprint density at radius 3 is 2.56 bits per heavy atom. The topological polar surface area (TPSA) is 58.6 Å². The molecule has 1 fully saturated rings.